The Morgan fingerprint density at radius 2 is 2.03 bits per heavy atom. The molecule has 1 aromatic heterocycles. The molecule has 1 heterocycles. The molecule has 172 valence electrons. The maximum absolute atomic E-state index is 13.7. The van der Waals surface area contributed by atoms with Crippen molar-refractivity contribution in [3.05, 3.63) is 81.8 Å². The van der Waals surface area contributed by atoms with Gasteiger partial charge in [0, 0.05) is 29.7 Å². The zero-order valence-corrected chi connectivity index (χ0v) is 20.5. The predicted molar refractivity (Wildman–Crippen MR) is 131 cm³/mol. The molecule has 2 N–H and O–H groups in total. The number of carbonyl (C=O) groups excluding carboxylic acids is 2. The molecule has 0 saturated heterocycles. The van der Waals surface area contributed by atoms with Crippen molar-refractivity contribution in [3.8, 4) is 0 Å². The van der Waals surface area contributed by atoms with Gasteiger partial charge in [-0.15, -0.1) is 16.8 Å². The van der Waals surface area contributed by atoms with Crippen LogP contribution in [0.1, 0.15) is 16.2 Å². The van der Waals surface area contributed by atoms with Crippen LogP contribution in [0, 0.1) is 5.82 Å². The molecular weight excluding hydrogens is 533 g/mol. The van der Waals surface area contributed by atoms with Gasteiger partial charge < -0.3 is 15.2 Å². The lowest BCUT2D eigenvalue weighted by Crippen LogP contribution is -2.27. The summed E-state index contributed by atoms with van der Waals surface area (Å²) in [6.07, 6.45) is 2.07. The lowest BCUT2D eigenvalue weighted by atomic mass is 10.2. The van der Waals surface area contributed by atoms with E-state index in [0.717, 1.165) is 4.47 Å². The number of anilines is 1. The van der Waals surface area contributed by atoms with Crippen molar-refractivity contribution in [3.63, 3.8) is 0 Å². The molecule has 3 rings (SSSR count). The van der Waals surface area contributed by atoms with Crippen LogP contribution in [0.25, 0.3) is 0 Å². The smallest absolute Gasteiger partial charge is 0.254 e. The zero-order valence-electron chi connectivity index (χ0n) is 17.4. The van der Waals surface area contributed by atoms with Crippen molar-refractivity contribution in [1.82, 2.24) is 20.1 Å². The standard InChI is InChI=1S/C22H20BrClFN5O2S/c1-2-11-30-19(9-10-26-21(32)15-5-3-4-6-18(15)25)28-29-22(30)33-13-20(31)27-14-7-8-16(23)17(24)12-14/h2-8,12H,1,9-11,13H2,(H,26,32)(H,27,31). The van der Waals surface area contributed by atoms with Gasteiger partial charge in [-0.1, -0.05) is 41.6 Å². The molecule has 0 saturated carbocycles. The summed E-state index contributed by atoms with van der Waals surface area (Å²) in [5.74, 6) is -0.557. The van der Waals surface area contributed by atoms with E-state index in [1.54, 1.807) is 30.3 Å². The van der Waals surface area contributed by atoms with Gasteiger partial charge in [0.1, 0.15) is 11.6 Å². The normalized spacial score (nSPS) is 10.6. The fourth-order valence-electron chi connectivity index (χ4n) is 2.85. The lowest BCUT2D eigenvalue weighted by molar-refractivity contribution is -0.113. The largest absolute Gasteiger partial charge is 0.351 e. The number of hydrogen-bond donors (Lipinski definition) is 2. The first-order valence-corrected chi connectivity index (χ1v) is 12.0. The van der Waals surface area contributed by atoms with Crippen molar-refractivity contribution >= 4 is 56.8 Å². The Hall–Kier alpha value is -2.69. The molecule has 0 aliphatic carbocycles. The summed E-state index contributed by atoms with van der Waals surface area (Å²) < 4.78 is 16.3. The van der Waals surface area contributed by atoms with Crippen LogP contribution in [0.5, 0.6) is 0 Å². The van der Waals surface area contributed by atoms with Crippen molar-refractivity contribution in [2.75, 3.05) is 17.6 Å². The molecule has 0 fully saturated rings. The number of carbonyl (C=O) groups is 2. The summed E-state index contributed by atoms with van der Waals surface area (Å²) in [7, 11) is 0. The van der Waals surface area contributed by atoms with Gasteiger partial charge >= 0.3 is 0 Å². The number of benzene rings is 2. The fraction of sp³-hybridized carbons (Fsp3) is 0.182. The molecule has 0 spiro atoms. The Bertz CT molecular complexity index is 1170. The number of nitrogens with one attached hydrogen (secondary N) is 2. The van der Waals surface area contributed by atoms with Crippen molar-refractivity contribution < 1.29 is 14.0 Å². The van der Waals surface area contributed by atoms with E-state index in [1.807, 2.05) is 4.57 Å². The molecule has 7 nitrogen and oxygen atoms in total. The maximum Gasteiger partial charge on any atom is 0.254 e. The number of amides is 2. The van der Waals surface area contributed by atoms with Crippen LogP contribution in [-0.4, -0.2) is 38.9 Å². The van der Waals surface area contributed by atoms with E-state index in [1.165, 1.54) is 30.0 Å². The summed E-state index contributed by atoms with van der Waals surface area (Å²) in [6, 6.07) is 10.9. The molecule has 2 aromatic carbocycles. The Balaban J connectivity index is 1.56. The SMILES string of the molecule is C=CCn1c(CCNC(=O)c2ccccc2F)nnc1SCC(=O)Nc1ccc(Br)c(Cl)c1. The monoisotopic (exact) mass is 551 g/mol. The summed E-state index contributed by atoms with van der Waals surface area (Å²) >= 11 is 10.6. The van der Waals surface area contributed by atoms with Crippen LogP contribution < -0.4 is 10.6 Å². The molecule has 0 aliphatic rings. The quantitative estimate of drug-likeness (QED) is 0.281. The number of nitrogens with zero attached hydrogens (tertiary/aromatic N) is 3. The molecule has 0 atom stereocenters. The van der Waals surface area contributed by atoms with E-state index in [9.17, 15) is 14.0 Å². The second-order valence-corrected chi connectivity index (χ2v) is 8.95. The first-order chi connectivity index (χ1) is 15.9. The first-order valence-electron chi connectivity index (χ1n) is 9.82. The molecule has 33 heavy (non-hydrogen) atoms. The van der Waals surface area contributed by atoms with Crippen molar-refractivity contribution in [2.24, 2.45) is 0 Å². The fourth-order valence-corrected chi connectivity index (χ4v) is 4.05. The molecule has 11 heteroatoms. The Morgan fingerprint density at radius 1 is 1.24 bits per heavy atom. The third-order valence-electron chi connectivity index (χ3n) is 4.39. The van der Waals surface area contributed by atoms with Gasteiger partial charge in [-0.05, 0) is 46.3 Å². The van der Waals surface area contributed by atoms with E-state index in [2.05, 4.69) is 43.3 Å². The summed E-state index contributed by atoms with van der Waals surface area (Å²) in [4.78, 5) is 24.5. The Labute approximate surface area is 207 Å². The van der Waals surface area contributed by atoms with Gasteiger partial charge in [0.2, 0.25) is 5.91 Å². The molecule has 3 aromatic rings. The van der Waals surface area contributed by atoms with Crippen LogP contribution in [0.15, 0.2) is 64.7 Å². The molecule has 0 unspecified atom stereocenters. The molecule has 0 radical (unpaired) electrons. The van der Waals surface area contributed by atoms with Gasteiger partial charge in [-0.25, -0.2) is 4.39 Å². The minimum atomic E-state index is -0.577. The number of halogens is 3. The number of hydrogen-bond acceptors (Lipinski definition) is 5. The number of rotatable bonds is 10. The average molecular weight is 553 g/mol. The highest BCUT2D eigenvalue weighted by Crippen LogP contribution is 2.26. The van der Waals surface area contributed by atoms with Crippen LogP contribution >= 0.6 is 39.3 Å². The topological polar surface area (TPSA) is 88.9 Å². The highest BCUT2D eigenvalue weighted by molar-refractivity contribution is 9.10. The third kappa shape index (κ3) is 6.89. The Kier molecular flexibility index (Phi) is 9.04. The van der Waals surface area contributed by atoms with Crippen LogP contribution in [0.4, 0.5) is 10.1 Å². The molecular formula is C22H20BrClFN5O2S. The summed E-state index contributed by atoms with van der Waals surface area (Å²) in [6.45, 7) is 4.44. The Morgan fingerprint density at radius 3 is 2.76 bits per heavy atom. The van der Waals surface area contributed by atoms with Gasteiger partial charge in [-0.3, -0.25) is 9.59 Å². The minimum absolute atomic E-state index is 0.0145. The zero-order chi connectivity index (χ0) is 23.8. The van der Waals surface area contributed by atoms with Gasteiger partial charge in [0.05, 0.1) is 16.3 Å². The second-order valence-electron chi connectivity index (χ2n) is 6.75. The van der Waals surface area contributed by atoms with E-state index >= 15 is 0 Å². The predicted octanol–water partition coefficient (Wildman–Crippen LogP) is 4.72. The number of allylic oxidation sites excluding steroid dienone is 1. The van der Waals surface area contributed by atoms with Crippen LogP contribution in [0.2, 0.25) is 5.02 Å². The highest BCUT2D eigenvalue weighted by atomic mass is 79.9. The van der Waals surface area contributed by atoms with Crippen molar-refractivity contribution in [2.45, 2.75) is 18.1 Å². The maximum atomic E-state index is 13.7. The van der Waals surface area contributed by atoms with E-state index in [4.69, 9.17) is 11.6 Å². The summed E-state index contributed by atoms with van der Waals surface area (Å²) in [5.41, 5.74) is 0.576. The van der Waals surface area contributed by atoms with Crippen molar-refractivity contribution in [1.29, 1.82) is 0 Å². The minimum Gasteiger partial charge on any atom is -0.351 e. The molecule has 0 bridgehead atoms. The van der Waals surface area contributed by atoms with Crippen LogP contribution in [0.3, 0.4) is 0 Å². The average Bonchev–Trinajstić information content (AvgIpc) is 3.17. The van der Waals surface area contributed by atoms with E-state index < -0.39 is 11.7 Å². The van der Waals surface area contributed by atoms with Gasteiger partial charge in [-0.2, -0.15) is 0 Å². The lowest BCUT2D eigenvalue weighted by Gasteiger charge is -2.09. The van der Waals surface area contributed by atoms with Crippen LogP contribution in [-0.2, 0) is 17.8 Å². The molecule has 2 amide bonds. The molecule has 0 aliphatic heterocycles. The first kappa shape index (κ1) is 24.9. The number of aromatic nitrogens is 3. The number of thioether (sulfide) groups is 1. The highest BCUT2D eigenvalue weighted by Gasteiger charge is 2.15. The summed E-state index contributed by atoms with van der Waals surface area (Å²) in [5, 5.41) is 14.8. The van der Waals surface area contributed by atoms with Gasteiger partial charge in [0.15, 0.2) is 5.16 Å². The van der Waals surface area contributed by atoms with E-state index in [0.29, 0.717) is 34.7 Å². The second kappa shape index (κ2) is 12.0. The third-order valence-corrected chi connectivity index (χ3v) is 6.59. The van der Waals surface area contributed by atoms with E-state index in [-0.39, 0.29) is 23.8 Å². The van der Waals surface area contributed by atoms with Gasteiger partial charge in [0.25, 0.3) is 5.91 Å².